The van der Waals surface area contributed by atoms with E-state index in [9.17, 15) is 19.2 Å². The van der Waals surface area contributed by atoms with Gasteiger partial charge < -0.3 is 39.8 Å². The molecule has 2 fully saturated rings. The Kier molecular flexibility index (Phi) is 19.7. The summed E-state index contributed by atoms with van der Waals surface area (Å²) in [5.41, 5.74) is 0.391. The van der Waals surface area contributed by atoms with Gasteiger partial charge >= 0.3 is 24.1 Å². The van der Waals surface area contributed by atoms with Gasteiger partial charge in [0.2, 0.25) is 0 Å². The molecule has 0 spiro atoms. The summed E-state index contributed by atoms with van der Waals surface area (Å²) < 4.78 is 23.1. The van der Waals surface area contributed by atoms with E-state index < -0.39 is 36.3 Å². The van der Waals surface area contributed by atoms with Gasteiger partial charge in [0.05, 0.1) is 25.4 Å². The van der Waals surface area contributed by atoms with Crippen LogP contribution >= 0.6 is 0 Å². The van der Waals surface area contributed by atoms with Crippen LogP contribution in [0.2, 0.25) is 0 Å². The van der Waals surface area contributed by atoms with Gasteiger partial charge in [-0.25, -0.2) is 19.2 Å². The molecule has 2 atom stereocenters. The van der Waals surface area contributed by atoms with Crippen molar-refractivity contribution in [3.8, 4) is 0 Å². The van der Waals surface area contributed by atoms with E-state index in [1.165, 1.54) is 26.7 Å². The molecule has 0 aromatic heterocycles. The average molecular weight is 653 g/mol. The number of carboxylic acids is 2. The Morgan fingerprint density at radius 2 is 1.00 bits per heavy atom. The molecule has 0 radical (unpaired) electrons. The second-order valence-corrected chi connectivity index (χ2v) is 12.4. The van der Waals surface area contributed by atoms with E-state index in [0.29, 0.717) is 13.1 Å². The van der Waals surface area contributed by atoms with Crippen LogP contribution in [-0.2, 0) is 28.5 Å². The summed E-state index contributed by atoms with van der Waals surface area (Å²) in [4.78, 5) is 47.1. The maximum absolute atomic E-state index is 12.4. The van der Waals surface area contributed by atoms with Gasteiger partial charge in [-0.2, -0.15) is 0 Å². The van der Waals surface area contributed by atoms with Gasteiger partial charge in [-0.3, -0.25) is 0 Å². The highest BCUT2D eigenvalue weighted by Crippen LogP contribution is 2.22. The summed E-state index contributed by atoms with van der Waals surface area (Å²) >= 11 is 0. The van der Waals surface area contributed by atoms with E-state index >= 15 is 0 Å². The number of carbonyl (C=O) groups is 4. The number of alkyl carbamates (subject to hydrolysis) is 2. The van der Waals surface area contributed by atoms with Crippen molar-refractivity contribution in [3.05, 3.63) is 23.3 Å². The number of ether oxygens (including phenoxy) is 4. The zero-order chi connectivity index (χ0) is 33.6. The lowest BCUT2D eigenvalue weighted by Gasteiger charge is -2.25. The Balaban J connectivity index is 1.63. The first-order chi connectivity index (χ1) is 22.1. The maximum Gasteiger partial charge on any atom is 0.407 e. The number of rotatable bonds is 21. The highest BCUT2D eigenvalue weighted by molar-refractivity contribution is 5.86. The molecule has 46 heavy (non-hydrogen) atoms. The van der Waals surface area contributed by atoms with E-state index in [1.807, 2.05) is 0 Å². The molecule has 262 valence electrons. The Hall–Kier alpha value is -3.12. The predicted octanol–water partition coefficient (Wildman–Crippen LogP) is 6.28. The highest BCUT2D eigenvalue weighted by atomic mass is 16.6. The Labute approximate surface area is 273 Å². The average Bonchev–Trinajstić information content (AvgIpc) is 3.05. The van der Waals surface area contributed by atoms with E-state index in [-0.39, 0.29) is 49.4 Å². The van der Waals surface area contributed by atoms with Crippen molar-refractivity contribution < 1.29 is 48.3 Å². The molecule has 12 nitrogen and oxygen atoms in total. The summed E-state index contributed by atoms with van der Waals surface area (Å²) in [7, 11) is 0. The predicted molar refractivity (Wildman–Crippen MR) is 173 cm³/mol. The third-order valence-electron chi connectivity index (χ3n) is 8.38. The number of carboxylic acid groups (broad SMARTS) is 2. The van der Waals surface area contributed by atoms with Crippen molar-refractivity contribution in [1.29, 1.82) is 0 Å². The fraction of sp³-hybridized carbons (Fsp3) is 0.765. The molecule has 4 N–H and O–H groups in total. The van der Waals surface area contributed by atoms with Gasteiger partial charge in [-0.1, -0.05) is 63.5 Å². The van der Waals surface area contributed by atoms with Crippen molar-refractivity contribution in [2.75, 3.05) is 26.3 Å². The molecule has 0 aromatic carbocycles. The van der Waals surface area contributed by atoms with Crippen LogP contribution in [0.4, 0.5) is 9.59 Å². The number of hydrogen-bond donors (Lipinski definition) is 4. The van der Waals surface area contributed by atoms with Gasteiger partial charge in [0.25, 0.3) is 0 Å². The van der Waals surface area contributed by atoms with Crippen molar-refractivity contribution in [1.82, 2.24) is 10.6 Å². The Morgan fingerprint density at radius 3 is 1.35 bits per heavy atom. The summed E-state index contributed by atoms with van der Waals surface area (Å²) in [6.07, 6.45) is 15.7. The molecular weight excluding hydrogens is 596 g/mol. The molecular formula is C34H56N2O10. The van der Waals surface area contributed by atoms with Crippen molar-refractivity contribution in [2.45, 2.75) is 141 Å². The molecule has 12 heteroatoms. The summed E-state index contributed by atoms with van der Waals surface area (Å²) in [6.45, 7) is 4.33. The lowest BCUT2D eigenvalue weighted by Crippen LogP contribution is -2.33. The number of nitrogens with one attached hydrogen (secondary N) is 2. The second-order valence-electron chi connectivity index (χ2n) is 12.4. The SMILES string of the molecule is CC(=CCC(COC1CCCCC1)OC(=O)NCCCCCCNC(=O)OC(CC=C(C)C(=O)O)COC1CCCCC1)C(=O)O. The summed E-state index contributed by atoms with van der Waals surface area (Å²) in [5.74, 6) is -2.01. The van der Waals surface area contributed by atoms with Gasteiger partial charge in [0, 0.05) is 37.1 Å². The molecule has 0 bridgehead atoms. The zero-order valence-corrected chi connectivity index (χ0v) is 27.8. The minimum Gasteiger partial charge on any atom is -0.478 e. The number of carbonyl (C=O) groups excluding carboxylic acids is 2. The molecule has 2 aliphatic rings. The Bertz CT molecular complexity index is 908. The van der Waals surface area contributed by atoms with E-state index in [1.54, 1.807) is 12.2 Å². The number of hydrogen-bond acceptors (Lipinski definition) is 8. The normalized spacial score (nSPS) is 18.0. The highest BCUT2D eigenvalue weighted by Gasteiger charge is 2.21. The van der Waals surface area contributed by atoms with Gasteiger partial charge in [-0.15, -0.1) is 0 Å². The minimum atomic E-state index is -1.01. The molecule has 0 saturated heterocycles. The minimum absolute atomic E-state index is 0.149. The van der Waals surface area contributed by atoms with E-state index in [4.69, 9.17) is 29.2 Å². The molecule has 2 amide bonds. The van der Waals surface area contributed by atoms with Crippen LogP contribution in [0.3, 0.4) is 0 Å². The summed E-state index contributed by atoms with van der Waals surface area (Å²) in [6, 6.07) is 0. The van der Waals surface area contributed by atoms with Crippen LogP contribution in [-0.4, -0.2) is 85.1 Å². The third-order valence-corrected chi connectivity index (χ3v) is 8.38. The van der Waals surface area contributed by atoms with Gasteiger partial charge in [-0.05, 0) is 52.4 Å². The Morgan fingerprint density at radius 1 is 0.630 bits per heavy atom. The van der Waals surface area contributed by atoms with Crippen LogP contribution < -0.4 is 10.6 Å². The number of amides is 2. The number of aliphatic carboxylic acids is 2. The third kappa shape index (κ3) is 18.1. The fourth-order valence-electron chi connectivity index (χ4n) is 5.41. The molecule has 0 aromatic rings. The van der Waals surface area contributed by atoms with Crippen LogP contribution in [0.5, 0.6) is 0 Å². The first-order valence-corrected chi connectivity index (χ1v) is 17.1. The quantitative estimate of drug-likeness (QED) is 0.0818. The first kappa shape index (κ1) is 39.1. The molecule has 2 saturated carbocycles. The fourth-order valence-corrected chi connectivity index (χ4v) is 5.41. The van der Waals surface area contributed by atoms with Crippen molar-refractivity contribution in [3.63, 3.8) is 0 Å². The molecule has 2 rings (SSSR count). The smallest absolute Gasteiger partial charge is 0.407 e. The zero-order valence-electron chi connectivity index (χ0n) is 27.8. The monoisotopic (exact) mass is 652 g/mol. The van der Waals surface area contributed by atoms with Gasteiger partial charge in [0.1, 0.15) is 12.2 Å². The lowest BCUT2D eigenvalue weighted by molar-refractivity contribution is -0.133. The molecule has 2 aliphatic carbocycles. The molecule has 0 heterocycles. The number of unbranched alkanes of at least 4 members (excludes halogenated alkanes) is 3. The van der Waals surface area contributed by atoms with Gasteiger partial charge in [0.15, 0.2) is 0 Å². The van der Waals surface area contributed by atoms with Crippen LogP contribution in [0.1, 0.15) is 117 Å². The van der Waals surface area contributed by atoms with Crippen LogP contribution in [0.25, 0.3) is 0 Å². The molecule has 2 unspecified atom stereocenters. The van der Waals surface area contributed by atoms with E-state index in [2.05, 4.69) is 10.6 Å². The van der Waals surface area contributed by atoms with Crippen molar-refractivity contribution >= 4 is 24.1 Å². The topological polar surface area (TPSA) is 170 Å². The largest absolute Gasteiger partial charge is 0.478 e. The van der Waals surface area contributed by atoms with Crippen LogP contribution in [0, 0.1) is 0 Å². The summed E-state index contributed by atoms with van der Waals surface area (Å²) in [5, 5.41) is 23.8. The van der Waals surface area contributed by atoms with Crippen molar-refractivity contribution in [2.24, 2.45) is 0 Å². The molecule has 0 aliphatic heterocycles. The second kappa shape index (κ2) is 23.2. The van der Waals surface area contributed by atoms with Crippen LogP contribution in [0.15, 0.2) is 23.3 Å². The first-order valence-electron chi connectivity index (χ1n) is 17.1. The standard InChI is InChI=1S/C34H56N2O10/c1-25(31(37)38)17-19-29(23-43-27-13-7-5-8-14-27)45-33(41)35-21-11-3-4-12-22-36-34(42)46-30(20-18-26(2)32(39)40)24-44-28-15-9-6-10-16-28/h17-18,27-30H,3-16,19-24H2,1-2H3,(H,35,41)(H,36,42)(H,37,38)(H,39,40). The maximum atomic E-state index is 12.4. The van der Waals surface area contributed by atoms with E-state index in [0.717, 1.165) is 77.0 Å². The lowest BCUT2D eigenvalue weighted by atomic mass is 9.98.